The number of hydrogen-bond donors (Lipinski definition) is 1. The molecular weight excluding hydrogens is 274 g/mol. The Morgan fingerprint density at radius 3 is 2.75 bits per heavy atom. The maximum atomic E-state index is 12.2. The Labute approximate surface area is 125 Å². The first kappa shape index (κ1) is 15.1. The van der Waals surface area contributed by atoms with Gasteiger partial charge < -0.3 is 15.1 Å². The van der Waals surface area contributed by atoms with Crippen molar-refractivity contribution >= 4 is 23.2 Å². The lowest BCUT2D eigenvalue weighted by molar-refractivity contribution is -0.128. The van der Waals surface area contributed by atoms with Gasteiger partial charge in [-0.2, -0.15) is 0 Å². The number of nitrogens with zero attached hydrogens (tertiary/aromatic N) is 2. The third-order valence-corrected chi connectivity index (χ3v) is 3.89. The summed E-state index contributed by atoms with van der Waals surface area (Å²) < 4.78 is 0. The van der Waals surface area contributed by atoms with Crippen LogP contribution in [0, 0.1) is 0 Å². The Hall–Kier alpha value is -1.26. The van der Waals surface area contributed by atoms with Crippen molar-refractivity contribution in [1.29, 1.82) is 0 Å². The number of rotatable bonds is 5. The molecule has 0 aliphatic carbocycles. The highest BCUT2D eigenvalue weighted by molar-refractivity contribution is 6.30. The second-order valence-electron chi connectivity index (χ2n) is 5.25. The first-order valence-corrected chi connectivity index (χ1v) is 7.41. The standard InChI is InChI=1S/C15H22ClN3O/c1-17-10-12-9-13(16)5-6-14(12)18(2)11-15(20)19-7-3-4-8-19/h5-6,9,17H,3-4,7-8,10-11H2,1-2H3. The van der Waals surface area contributed by atoms with Gasteiger partial charge in [-0.15, -0.1) is 0 Å². The lowest BCUT2D eigenvalue weighted by Gasteiger charge is -2.25. The summed E-state index contributed by atoms with van der Waals surface area (Å²) in [6, 6.07) is 5.80. The molecular formula is C15H22ClN3O. The summed E-state index contributed by atoms with van der Waals surface area (Å²) in [5.74, 6) is 0.204. The van der Waals surface area contributed by atoms with Gasteiger partial charge in [-0.1, -0.05) is 11.6 Å². The molecule has 0 radical (unpaired) electrons. The molecule has 110 valence electrons. The van der Waals surface area contributed by atoms with E-state index < -0.39 is 0 Å². The molecule has 1 fully saturated rings. The Bertz CT molecular complexity index is 472. The van der Waals surface area contributed by atoms with Gasteiger partial charge in [0.15, 0.2) is 0 Å². The largest absolute Gasteiger partial charge is 0.365 e. The van der Waals surface area contributed by atoms with E-state index in [2.05, 4.69) is 5.32 Å². The fourth-order valence-corrected chi connectivity index (χ4v) is 2.81. The second-order valence-corrected chi connectivity index (χ2v) is 5.68. The van der Waals surface area contributed by atoms with Gasteiger partial charge in [-0.3, -0.25) is 4.79 Å². The number of benzene rings is 1. The highest BCUT2D eigenvalue weighted by Crippen LogP contribution is 2.23. The van der Waals surface area contributed by atoms with E-state index in [9.17, 15) is 4.79 Å². The van der Waals surface area contributed by atoms with Crippen LogP contribution >= 0.6 is 11.6 Å². The van der Waals surface area contributed by atoms with Crippen LogP contribution in [0.25, 0.3) is 0 Å². The summed E-state index contributed by atoms with van der Waals surface area (Å²) in [6.07, 6.45) is 2.25. The molecule has 4 nitrogen and oxygen atoms in total. The van der Waals surface area contributed by atoms with Crippen molar-refractivity contribution in [2.75, 3.05) is 38.6 Å². The minimum atomic E-state index is 0.204. The maximum absolute atomic E-state index is 12.2. The van der Waals surface area contributed by atoms with E-state index >= 15 is 0 Å². The number of nitrogens with one attached hydrogen (secondary N) is 1. The molecule has 1 aromatic carbocycles. The van der Waals surface area contributed by atoms with Crippen LogP contribution in [0.5, 0.6) is 0 Å². The van der Waals surface area contributed by atoms with Gasteiger partial charge in [0.25, 0.3) is 0 Å². The van der Waals surface area contributed by atoms with Crippen LogP contribution in [0.4, 0.5) is 5.69 Å². The number of likely N-dealkylation sites (N-methyl/N-ethyl adjacent to an activating group) is 1. The van der Waals surface area contributed by atoms with Gasteiger partial charge >= 0.3 is 0 Å². The van der Waals surface area contributed by atoms with Crippen molar-refractivity contribution in [3.8, 4) is 0 Å². The van der Waals surface area contributed by atoms with Crippen LogP contribution in [0.1, 0.15) is 18.4 Å². The van der Waals surface area contributed by atoms with Gasteiger partial charge in [0.1, 0.15) is 0 Å². The zero-order chi connectivity index (χ0) is 14.5. The average molecular weight is 296 g/mol. The molecule has 1 amide bonds. The molecule has 0 spiro atoms. The number of carbonyl (C=O) groups excluding carboxylic acids is 1. The minimum absolute atomic E-state index is 0.204. The first-order valence-electron chi connectivity index (χ1n) is 7.03. The van der Waals surface area contributed by atoms with E-state index in [1.807, 2.05) is 42.1 Å². The molecule has 1 heterocycles. The molecule has 0 atom stereocenters. The van der Waals surface area contributed by atoms with E-state index in [1.165, 1.54) is 0 Å². The van der Waals surface area contributed by atoms with Gasteiger partial charge in [-0.25, -0.2) is 0 Å². The highest BCUT2D eigenvalue weighted by atomic mass is 35.5. The summed E-state index contributed by atoms with van der Waals surface area (Å²) in [4.78, 5) is 16.2. The monoisotopic (exact) mass is 295 g/mol. The van der Waals surface area contributed by atoms with Crippen molar-refractivity contribution in [2.24, 2.45) is 0 Å². The van der Waals surface area contributed by atoms with Crippen LogP contribution in [0.15, 0.2) is 18.2 Å². The Kier molecular flexibility index (Phi) is 5.26. The van der Waals surface area contributed by atoms with Crippen LogP contribution in [-0.2, 0) is 11.3 Å². The van der Waals surface area contributed by atoms with Crippen LogP contribution in [0.3, 0.4) is 0 Å². The SMILES string of the molecule is CNCc1cc(Cl)ccc1N(C)CC(=O)N1CCCC1. The Morgan fingerprint density at radius 2 is 2.10 bits per heavy atom. The lowest BCUT2D eigenvalue weighted by atomic mass is 10.1. The molecule has 0 unspecified atom stereocenters. The van der Waals surface area contributed by atoms with Crippen molar-refractivity contribution in [2.45, 2.75) is 19.4 Å². The number of amides is 1. The van der Waals surface area contributed by atoms with E-state index in [4.69, 9.17) is 11.6 Å². The number of likely N-dealkylation sites (tertiary alicyclic amines) is 1. The number of halogens is 1. The van der Waals surface area contributed by atoms with Crippen LogP contribution < -0.4 is 10.2 Å². The van der Waals surface area contributed by atoms with Gasteiger partial charge in [-0.05, 0) is 43.7 Å². The van der Waals surface area contributed by atoms with Crippen molar-refractivity contribution < 1.29 is 4.79 Å². The van der Waals surface area contributed by atoms with Crippen LogP contribution in [-0.4, -0.2) is 44.5 Å². The summed E-state index contributed by atoms with van der Waals surface area (Å²) in [5, 5.41) is 3.85. The fraction of sp³-hybridized carbons (Fsp3) is 0.533. The quantitative estimate of drug-likeness (QED) is 0.904. The maximum Gasteiger partial charge on any atom is 0.242 e. The molecule has 1 saturated heterocycles. The van der Waals surface area contributed by atoms with Gasteiger partial charge in [0.05, 0.1) is 6.54 Å². The third kappa shape index (κ3) is 3.64. The number of hydrogen-bond acceptors (Lipinski definition) is 3. The van der Waals surface area contributed by atoms with E-state index in [-0.39, 0.29) is 5.91 Å². The summed E-state index contributed by atoms with van der Waals surface area (Å²) in [7, 11) is 3.86. The molecule has 2 rings (SSSR count). The van der Waals surface area contributed by atoms with E-state index in [0.717, 1.165) is 48.7 Å². The minimum Gasteiger partial charge on any atom is -0.365 e. The lowest BCUT2D eigenvalue weighted by Crippen LogP contribution is -2.37. The fourth-order valence-electron chi connectivity index (χ4n) is 2.61. The molecule has 1 aliphatic rings. The molecule has 0 bridgehead atoms. The topological polar surface area (TPSA) is 35.6 Å². The summed E-state index contributed by atoms with van der Waals surface area (Å²) >= 11 is 6.05. The van der Waals surface area contributed by atoms with E-state index in [0.29, 0.717) is 6.54 Å². The number of anilines is 1. The smallest absolute Gasteiger partial charge is 0.242 e. The zero-order valence-electron chi connectivity index (χ0n) is 12.2. The molecule has 1 N–H and O–H groups in total. The average Bonchev–Trinajstić information content (AvgIpc) is 2.93. The summed E-state index contributed by atoms with van der Waals surface area (Å²) in [6.45, 7) is 2.95. The van der Waals surface area contributed by atoms with E-state index in [1.54, 1.807) is 0 Å². The van der Waals surface area contributed by atoms with Crippen molar-refractivity contribution in [3.63, 3.8) is 0 Å². The van der Waals surface area contributed by atoms with Gasteiger partial charge in [0, 0.05) is 37.4 Å². The predicted molar refractivity (Wildman–Crippen MR) is 83.3 cm³/mol. The van der Waals surface area contributed by atoms with Gasteiger partial charge in [0.2, 0.25) is 5.91 Å². The van der Waals surface area contributed by atoms with Crippen molar-refractivity contribution in [3.05, 3.63) is 28.8 Å². The van der Waals surface area contributed by atoms with Crippen LogP contribution in [0.2, 0.25) is 5.02 Å². The molecule has 0 aromatic heterocycles. The molecule has 1 aliphatic heterocycles. The molecule has 5 heteroatoms. The highest BCUT2D eigenvalue weighted by Gasteiger charge is 2.20. The molecule has 0 saturated carbocycles. The Balaban J connectivity index is 2.07. The summed E-state index contributed by atoms with van der Waals surface area (Å²) in [5.41, 5.74) is 2.16. The molecule has 20 heavy (non-hydrogen) atoms. The first-order chi connectivity index (χ1) is 9.61. The number of carbonyl (C=O) groups is 1. The predicted octanol–water partition coefficient (Wildman–Crippen LogP) is 2.12. The second kappa shape index (κ2) is 6.95. The zero-order valence-corrected chi connectivity index (χ0v) is 12.9. The normalized spacial score (nSPS) is 14.7. The van der Waals surface area contributed by atoms with Crippen molar-refractivity contribution in [1.82, 2.24) is 10.2 Å². The molecule has 1 aromatic rings. The Morgan fingerprint density at radius 1 is 1.40 bits per heavy atom. The third-order valence-electron chi connectivity index (χ3n) is 3.65.